The molecule has 5 heteroatoms. The van der Waals surface area contributed by atoms with Gasteiger partial charge in [-0.05, 0) is 48.6 Å². The van der Waals surface area contributed by atoms with Crippen LogP contribution in [0.3, 0.4) is 0 Å². The van der Waals surface area contributed by atoms with Crippen molar-refractivity contribution in [1.29, 1.82) is 0 Å². The second-order valence-corrected chi connectivity index (χ2v) is 10.0. The molecule has 26 heavy (non-hydrogen) atoms. The highest BCUT2D eigenvalue weighted by Gasteiger charge is 2.31. The molecule has 2 atom stereocenters. The van der Waals surface area contributed by atoms with Crippen molar-refractivity contribution in [1.82, 2.24) is 0 Å². The molecule has 2 unspecified atom stereocenters. The minimum Gasteiger partial charge on any atom is -0.493 e. The van der Waals surface area contributed by atoms with E-state index in [1.54, 1.807) is 0 Å². The molecule has 0 radical (unpaired) electrons. The maximum Gasteiger partial charge on any atom is 0.126 e. The van der Waals surface area contributed by atoms with E-state index in [4.69, 9.17) is 4.74 Å². The first-order chi connectivity index (χ1) is 12.3. The van der Waals surface area contributed by atoms with Gasteiger partial charge >= 0.3 is 0 Å². The van der Waals surface area contributed by atoms with E-state index in [9.17, 15) is 9.32 Å². The van der Waals surface area contributed by atoms with Crippen molar-refractivity contribution in [2.24, 2.45) is 0 Å². The number of aryl methyl sites for hydroxylation is 1. The van der Waals surface area contributed by atoms with E-state index in [0.29, 0.717) is 13.0 Å². The van der Waals surface area contributed by atoms with Crippen molar-refractivity contribution in [3.05, 3.63) is 57.6 Å². The summed E-state index contributed by atoms with van der Waals surface area (Å²) in [7, 11) is -1.21. The molecule has 1 N–H and O–H groups in total. The lowest BCUT2D eigenvalue weighted by molar-refractivity contribution is 0.159. The molecule has 0 bridgehead atoms. The van der Waals surface area contributed by atoms with Crippen LogP contribution in [0, 0.1) is 6.92 Å². The smallest absolute Gasteiger partial charge is 0.126 e. The summed E-state index contributed by atoms with van der Waals surface area (Å²) in [5.41, 5.74) is 3.16. The van der Waals surface area contributed by atoms with Crippen molar-refractivity contribution in [2.75, 3.05) is 12.4 Å². The van der Waals surface area contributed by atoms with Crippen LogP contribution in [-0.4, -0.2) is 27.8 Å². The van der Waals surface area contributed by atoms with Crippen molar-refractivity contribution in [2.45, 2.75) is 50.0 Å². The first-order valence-corrected chi connectivity index (χ1v) is 11.0. The molecule has 1 aliphatic heterocycles. The van der Waals surface area contributed by atoms with Gasteiger partial charge in [0.2, 0.25) is 0 Å². The lowest BCUT2D eigenvalue weighted by Crippen LogP contribution is -2.28. The first-order valence-electron chi connectivity index (χ1n) is 8.85. The van der Waals surface area contributed by atoms with E-state index < -0.39 is 16.9 Å². The molecule has 2 aromatic carbocycles. The van der Waals surface area contributed by atoms with E-state index in [1.165, 1.54) is 5.56 Å². The van der Waals surface area contributed by atoms with E-state index in [0.717, 1.165) is 32.7 Å². The van der Waals surface area contributed by atoms with Crippen LogP contribution in [0.1, 0.15) is 37.0 Å². The van der Waals surface area contributed by atoms with Crippen molar-refractivity contribution >= 4 is 26.7 Å². The molecule has 0 saturated carbocycles. The summed E-state index contributed by atoms with van der Waals surface area (Å²) in [6.07, 6.45) is 0.789. The standard InChI is InChI=1S/C21H25BrO3S/c1-14-4-6-18(7-5-14)26(24)13-17(23)12-21(2,3)19-11-16(22)10-15-8-9-25-20(15)19/h4-7,10-11,17,23H,8-9,12-13H2,1-3H3. The molecular formula is C21H25BrO3S. The van der Waals surface area contributed by atoms with Gasteiger partial charge in [0, 0.05) is 21.4 Å². The molecule has 2 aromatic rings. The van der Waals surface area contributed by atoms with Crippen LogP contribution in [0.4, 0.5) is 0 Å². The normalized spacial score (nSPS) is 16.0. The Morgan fingerprint density at radius 1 is 1.27 bits per heavy atom. The van der Waals surface area contributed by atoms with Gasteiger partial charge in [0.15, 0.2) is 0 Å². The highest BCUT2D eigenvalue weighted by Crippen LogP contribution is 2.42. The van der Waals surface area contributed by atoms with E-state index in [-0.39, 0.29) is 11.2 Å². The van der Waals surface area contributed by atoms with Gasteiger partial charge in [0.05, 0.1) is 29.3 Å². The third-order valence-electron chi connectivity index (χ3n) is 4.85. The minimum atomic E-state index is -1.21. The Balaban J connectivity index is 1.73. The van der Waals surface area contributed by atoms with Crippen LogP contribution >= 0.6 is 15.9 Å². The average Bonchev–Trinajstić information content (AvgIpc) is 3.01. The summed E-state index contributed by atoms with van der Waals surface area (Å²) in [4.78, 5) is 0.763. The fourth-order valence-electron chi connectivity index (χ4n) is 3.49. The third-order valence-corrected chi connectivity index (χ3v) is 6.79. The molecule has 0 aromatic heterocycles. The molecular weight excluding hydrogens is 412 g/mol. The van der Waals surface area contributed by atoms with Gasteiger partial charge in [-0.2, -0.15) is 0 Å². The zero-order chi connectivity index (χ0) is 18.9. The van der Waals surface area contributed by atoms with Crippen LogP contribution in [0.2, 0.25) is 0 Å². The Morgan fingerprint density at radius 3 is 2.65 bits per heavy atom. The molecule has 0 aliphatic carbocycles. The third kappa shape index (κ3) is 4.38. The maximum absolute atomic E-state index is 12.5. The molecule has 0 amide bonds. The molecule has 0 saturated heterocycles. The second kappa shape index (κ2) is 7.83. The fraction of sp³-hybridized carbons (Fsp3) is 0.429. The van der Waals surface area contributed by atoms with Crippen LogP contribution in [0.15, 0.2) is 45.8 Å². The number of aliphatic hydroxyl groups excluding tert-OH is 1. The number of hydrogen-bond acceptors (Lipinski definition) is 3. The Morgan fingerprint density at radius 2 is 1.96 bits per heavy atom. The topological polar surface area (TPSA) is 46.5 Å². The van der Waals surface area contributed by atoms with Crippen molar-refractivity contribution in [3.63, 3.8) is 0 Å². The molecule has 0 fully saturated rings. The number of ether oxygens (including phenoxy) is 1. The summed E-state index contributed by atoms with van der Waals surface area (Å²) >= 11 is 3.58. The van der Waals surface area contributed by atoms with Crippen LogP contribution in [0.5, 0.6) is 5.75 Å². The summed E-state index contributed by atoms with van der Waals surface area (Å²) < 4.78 is 19.4. The fourth-order valence-corrected chi connectivity index (χ4v) is 5.10. The number of aliphatic hydroxyl groups is 1. The minimum absolute atomic E-state index is 0.240. The van der Waals surface area contributed by atoms with Crippen LogP contribution < -0.4 is 4.74 Å². The zero-order valence-electron chi connectivity index (χ0n) is 15.4. The number of halogens is 1. The molecule has 3 rings (SSSR count). The van der Waals surface area contributed by atoms with Gasteiger partial charge in [-0.1, -0.05) is 47.5 Å². The summed E-state index contributed by atoms with van der Waals surface area (Å²) in [5.74, 6) is 1.19. The summed E-state index contributed by atoms with van der Waals surface area (Å²) in [5, 5.41) is 10.6. The van der Waals surface area contributed by atoms with Gasteiger partial charge in [0.25, 0.3) is 0 Å². The molecule has 1 aliphatic rings. The Labute approximate surface area is 166 Å². The Hall–Kier alpha value is -1.17. The first kappa shape index (κ1) is 19.6. The van der Waals surface area contributed by atoms with Gasteiger partial charge in [0.1, 0.15) is 5.75 Å². The summed E-state index contributed by atoms with van der Waals surface area (Å²) in [6, 6.07) is 11.8. The summed E-state index contributed by atoms with van der Waals surface area (Å²) in [6.45, 7) is 6.92. The van der Waals surface area contributed by atoms with Crippen molar-refractivity contribution < 1.29 is 14.1 Å². The predicted molar refractivity (Wildman–Crippen MR) is 109 cm³/mol. The predicted octanol–water partition coefficient (Wildman–Crippen LogP) is 4.53. The number of hydrogen-bond donors (Lipinski definition) is 1. The maximum atomic E-state index is 12.5. The Kier molecular flexibility index (Phi) is 5.90. The number of fused-ring (bicyclic) bond motifs is 1. The van der Waals surface area contributed by atoms with E-state index in [2.05, 4.69) is 41.9 Å². The second-order valence-electron chi connectivity index (χ2n) is 7.61. The lowest BCUT2D eigenvalue weighted by Gasteiger charge is -2.29. The van der Waals surface area contributed by atoms with Gasteiger partial charge in [-0.15, -0.1) is 0 Å². The Bertz CT molecular complexity index is 815. The van der Waals surface area contributed by atoms with Gasteiger partial charge < -0.3 is 9.84 Å². The molecule has 0 spiro atoms. The average molecular weight is 437 g/mol. The van der Waals surface area contributed by atoms with Crippen molar-refractivity contribution in [3.8, 4) is 5.75 Å². The highest BCUT2D eigenvalue weighted by molar-refractivity contribution is 9.10. The quantitative estimate of drug-likeness (QED) is 0.723. The monoisotopic (exact) mass is 436 g/mol. The lowest BCUT2D eigenvalue weighted by atomic mass is 9.79. The van der Waals surface area contributed by atoms with E-state index >= 15 is 0 Å². The van der Waals surface area contributed by atoms with Crippen LogP contribution in [-0.2, 0) is 22.6 Å². The number of rotatable bonds is 6. The molecule has 140 valence electrons. The van der Waals surface area contributed by atoms with Gasteiger partial charge in [-0.25, -0.2) is 0 Å². The highest BCUT2D eigenvalue weighted by atomic mass is 79.9. The molecule has 1 heterocycles. The molecule has 3 nitrogen and oxygen atoms in total. The van der Waals surface area contributed by atoms with E-state index in [1.807, 2.05) is 31.2 Å². The van der Waals surface area contributed by atoms with Gasteiger partial charge in [-0.3, -0.25) is 4.21 Å². The largest absolute Gasteiger partial charge is 0.493 e. The SMILES string of the molecule is Cc1ccc(S(=O)CC(O)CC(C)(C)c2cc(Br)cc3c2OCC3)cc1. The number of benzene rings is 2. The zero-order valence-corrected chi connectivity index (χ0v) is 17.8. The van der Waals surface area contributed by atoms with Crippen LogP contribution in [0.25, 0.3) is 0 Å².